The fourth-order valence-electron chi connectivity index (χ4n) is 2.96. The van der Waals surface area contributed by atoms with Gasteiger partial charge in [-0.2, -0.15) is 0 Å². The number of rotatable bonds is 8. The predicted molar refractivity (Wildman–Crippen MR) is 104 cm³/mol. The molecule has 0 radical (unpaired) electrons. The molecule has 1 aromatic heterocycles. The first-order valence-electron chi connectivity index (χ1n) is 8.77. The van der Waals surface area contributed by atoms with Crippen molar-refractivity contribution < 1.29 is 13.2 Å². The molecule has 0 aromatic carbocycles. The molecular weight excluding hydrogens is 374 g/mol. The molecule has 2 rings (SSSR count). The molecule has 2 heterocycles. The Morgan fingerprint density at radius 3 is 2.96 bits per heavy atom. The Morgan fingerprint density at radius 2 is 2.31 bits per heavy atom. The van der Waals surface area contributed by atoms with Crippen molar-refractivity contribution in [2.45, 2.75) is 30.4 Å². The quantitative estimate of drug-likeness (QED) is 0.335. The van der Waals surface area contributed by atoms with Crippen LogP contribution in [-0.4, -0.2) is 57.9 Å². The zero-order valence-corrected chi connectivity index (χ0v) is 16.6. The number of primary amides is 1. The Morgan fingerprint density at radius 1 is 1.50 bits per heavy atom. The van der Waals surface area contributed by atoms with Crippen LogP contribution >= 0.6 is 11.3 Å². The molecule has 1 aliphatic rings. The number of piperidine rings is 1. The smallest absolute Gasteiger partial charge is 0.250 e. The molecule has 1 aromatic rings. The molecule has 1 atom stereocenters. The fraction of sp³-hybridized carbons (Fsp3) is 0.625. The van der Waals surface area contributed by atoms with Crippen molar-refractivity contribution in [3.05, 3.63) is 17.5 Å². The second-order valence-electron chi connectivity index (χ2n) is 6.19. The summed E-state index contributed by atoms with van der Waals surface area (Å²) in [6.07, 6.45) is 2.35. The molecule has 0 saturated carbocycles. The van der Waals surface area contributed by atoms with Crippen LogP contribution in [0.3, 0.4) is 0 Å². The maximum atomic E-state index is 12.1. The second-order valence-corrected chi connectivity index (χ2v) is 9.13. The highest BCUT2D eigenvalue weighted by molar-refractivity contribution is 7.91. The third-order valence-corrected chi connectivity index (χ3v) is 6.93. The number of thiophene rings is 1. The molecule has 1 aliphatic heterocycles. The van der Waals surface area contributed by atoms with Crippen LogP contribution in [-0.2, 0) is 14.8 Å². The topological polar surface area (TPSA) is 117 Å². The van der Waals surface area contributed by atoms with E-state index in [1.165, 1.54) is 11.3 Å². The molecule has 146 valence electrons. The molecule has 0 aliphatic carbocycles. The highest BCUT2D eigenvalue weighted by Crippen LogP contribution is 2.19. The van der Waals surface area contributed by atoms with E-state index >= 15 is 0 Å². The summed E-state index contributed by atoms with van der Waals surface area (Å²) in [4.78, 5) is 17.8. The van der Waals surface area contributed by atoms with Crippen molar-refractivity contribution >= 4 is 33.2 Å². The van der Waals surface area contributed by atoms with Crippen LogP contribution in [0.15, 0.2) is 26.7 Å². The summed E-state index contributed by atoms with van der Waals surface area (Å²) < 4.78 is 27.1. The summed E-state index contributed by atoms with van der Waals surface area (Å²) in [5.41, 5.74) is 5.32. The number of nitrogens with two attached hydrogens (primary N) is 1. The Balaban J connectivity index is 1.90. The van der Waals surface area contributed by atoms with Crippen LogP contribution in [0.2, 0.25) is 0 Å². The lowest BCUT2D eigenvalue weighted by Gasteiger charge is -2.34. The minimum Gasteiger partial charge on any atom is -0.370 e. The predicted octanol–water partition coefficient (Wildman–Crippen LogP) is 0.579. The van der Waals surface area contributed by atoms with E-state index in [2.05, 4.69) is 19.9 Å². The maximum Gasteiger partial charge on any atom is 0.250 e. The van der Waals surface area contributed by atoms with Gasteiger partial charge < -0.3 is 16.0 Å². The molecule has 1 unspecified atom stereocenters. The molecule has 10 heteroatoms. The van der Waals surface area contributed by atoms with Gasteiger partial charge >= 0.3 is 0 Å². The normalized spacial score (nSPS) is 18.7. The van der Waals surface area contributed by atoms with Crippen LogP contribution in [0.1, 0.15) is 26.2 Å². The highest BCUT2D eigenvalue weighted by Gasteiger charge is 2.23. The molecule has 8 nitrogen and oxygen atoms in total. The van der Waals surface area contributed by atoms with Crippen LogP contribution in [0.5, 0.6) is 0 Å². The van der Waals surface area contributed by atoms with Gasteiger partial charge in [0.05, 0.1) is 6.54 Å². The third kappa shape index (κ3) is 6.26. The van der Waals surface area contributed by atoms with Gasteiger partial charge in [0.2, 0.25) is 15.9 Å². The number of nitrogens with one attached hydrogen (secondary N) is 2. The Kier molecular flexibility index (Phi) is 7.85. The van der Waals surface area contributed by atoms with Crippen molar-refractivity contribution in [1.29, 1.82) is 0 Å². The number of likely N-dealkylation sites (tertiary alicyclic amines) is 1. The highest BCUT2D eigenvalue weighted by atomic mass is 32.2. The Labute approximate surface area is 158 Å². The molecule has 4 N–H and O–H groups in total. The zero-order valence-electron chi connectivity index (χ0n) is 15.0. The van der Waals surface area contributed by atoms with Crippen molar-refractivity contribution in [3.8, 4) is 0 Å². The van der Waals surface area contributed by atoms with Gasteiger partial charge in [0.25, 0.3) is 0 Å². The SMILES string of the molecule is CCNC(=NCCNS(=O)(=O)c1cccs1)N1CCCC(CC(N)=O)C1. The summed E-state index contributed by atoms with van der Waals surface area (Å²) in [6.45, 7) is 4.87. The molecule has 1 fully saturated rings. The Hall–Kier alpha value is -1.65. The fourth-order valence-corrected chi connectivity index (χ4v) is 5.02. The van der Waals surface area contributed by atoms with Gasteiger partial charge in [-0.15, -0.1) is 11.3 Å². The van der Waals surface area contributed by atoms with E-state index < -0.39 is 10.0 Å². The number of carbonyl (C=O) groups is 1. The first kappa shape index (κ1) is 20.7. The van der Waals surface area contributed by atoms with Gasteiger partial charge in [0.1, 0.15) is 4.21 Å². The Bertz CT molecular complexity index is 703. The number of amides is 1. The molecule has 0 bridgehead atoms. The van der Waals surface area contributed by atoms with Crippen molar-refractivity contribution in [3.63, 3.8) is 0 Å². The average Bonchev–Trinajstić information content (AvgIpc) is 3.13. The van der Waals surface area contributed by atoms with Crippen LogP contribution in [0.4, 0.5) is 0 Å². The molecule has 0 spiro atoms. The number of aliphatic imine (C=N–C) groups is 1. The zero-order chi connectivity index (χ0) is 19.0. The van der Waals surface area contributed by atoms with Crippen molar-refractivity contribution in [1.82, 2.24) is 14.9 Å². The van der Waals surface area contributed by atoms with E-state index in [1.54, 1.807) is 17.5 Å². The second kappa shape index (κ2) is 9.89. The number of hydrogen-bond acceptors (Lipinski definition) is 5. The summed E-state index contributed by atoms with van der Waals surface area (Å²) in [6, 6.07) is 3.28. The summed E-state index contributed by atoms with van der Waals surface area (Å²) in [7, 11) is -3.46. The van der Waals surface area contributed by atoms with E-state index in [9.17, 15) is 13.2 Å². The number of sulfonamides is 1. The molecule has 1 amide bonds. The van der Waals surface area contributed by atoms with E-state index in [-0.39, 0.29) is 18.4 Å². The van der Waals surface area contributed by atoms with Crippen LogP contribution in [0.25, 0.3) is 0 Å². The van der Waals surface area contributed by atoms with Gasteiger partial charge in [-0.05, 0) is 37.1 Å². The molecular formula is C16H27N5O3S2. The first-order valence-corrected chi connectivity index (χ1v) is 11.1. The summed E-state index contributed by atoms with van der Waals surface area (Å²) >= 11 is 1.19. The van der Waals surface area contributed by atoms with Crippen molar-refractivity contribution in [2.75, 3.05) is 32.7 Å². The monoisotopic (exact) mass is 401 g/mol. The first-order chi connectivity index (χ1) is 12.4. The van der Waals surface area contributed by atoms with Gasteiger partial charge in [-0.3, -0.25) is 9.79 Å². The number of guanidine groups is 1. The van der Waals surface area contributed by atoms with Crippen LogP contribution in [0, 0.1) is 5.92 Å². The van der Waals surface area contributed by atoms with E-state index in [4.69, 9.17) is 5.73 Å². The minimum atomic E-state index is -3.46. The van der Waals surface area contributed by atoms with Crippen molar-refractivity contribution in [2.24, 2.45) is 16.6 Å². The average molecular weight is 402 g/mol. The van der Waals surface area contributed by atoms with Crippen LogP contribution < -0.4 is 15.8 Å². The summed E-state index contributed by atoms with van der Waals surface area (Å²) in [5.74, 6) is 0.709. The number of hydrogen-bond donors (Lipinski definition) is 3. The van der Waals surface area contributed by atoms with Gasteiger partial charge in [0.15, 0.2) is 5.96 Å². The number of carbonyl (C=O) groups excluding carboxylic acids is 1. The number of nitrogens with zero attached hydrogens (tertiary/aromatic N) is 2. The lowest BCUT2D eigenvalue weighted by atomic mass is 9.95. The lowest BCUT2D eigenvalue weighted by molar-refractivity contribution is -0.119. The largest absolute Gasteiger partial charge is 0.370 e. The molecule has 1 saturated heterocycles. The van der Waals surface area contributed by atoms with E-state index in [0.29, 0.717) is 17.2 Å². The molecule has 26 heavy (non-hydrogen) atoms. The van der Waals surface area contributed by atoms with Gasteiger partial charge in [-0.1, -0.05) is 6.07 Å². The van der Waals surface area contributed by atoms with Gasteiger partial charge in [0, 0.05) is 32.6 Å². The standard InChI is InChI=1S/C16H27N5O3S2/c1-2-18-16(21-9-3-5-13(12-21)11-14(17)22)19-7-8-20-26(23,24)15-6-4-10-25-15/h4,6,10,13,20H,2-3,5,7-9,11-12H2,1H3,(H2,17,22)(H,18,19). The third-order valence-electron chi connectivity index (χ3n) is 4.07. The summed E-state index contributed by atoms with van der Waals surface area (Å²) in [5, 5.41) is 4.97. The van der Waals surface area contributed by atoms with E-state index in [0.717, 1.165) is 38.4 Å². The van der Waals surface area contributed by atoms with E-state index in [1.807, 2.05) is 6.92 Å². The minimum absolute atomic E-state index is 0.230. The van der Waals surface area contributed by atoms with Gasteiger partial charge in [-0.25, -0.2) is 13.1 Å². The maximum absolute atomic E-state index is 12.1. The lowest BCUT2D eigenvalue weighted by Crippen LogP contribution is -2.47.